The maximum atomic E-state index is 5.45. The number of nitrogens with zero attached hydrogens (tertiary/aromatic N) is 1. The highest BCUT2D eigenvalue weighted by Crippen LogP contribution is 2.18. The second-order valence-corrected chi connectivity index (χ2v) is 3.36. The highest BCUT2D eigenvalue weighted by molar-refractivity contribution is 5.75. The lowest BCUT2D eigenvalue weighted by Crippen LogP contribution is -1.99. The van der Waals surface area contributed by atoms with Crippen LogP contribution in [-0.2, 0) is 6.42 Å². The second kappa shape index (κ2) is 4.24. The van der Waals surface area contributed by atoms with E-state index in [2.05, 4.69) is 11.1 Å². The number of rotatable bonds is 4. The third-order valence-electron chi connectivity index (χ3n) is 2.34. The van der Waals surface area contributed by atoms with Crippen LogP contribution in [-0.4, -0.2) is 11.5 Å². The van der Waals surface area contributed by atoms with Gasteiger partial charge in [0.1, 0.15) is 5.52 Å². The summed E-state index contributed by atoms with van der Waals surface area (Å²) in [7, 11) is 0. The molecular formula is C11H14N2O. The van der Waals surface area contributed by atoms with Crippen molar-refractivity contribution in [2.45, 2.75) is 19.3 Å². The van der Waals surface area contributed by atoms with E-state index in [0.29, 0.717) is 0 Å². The Kier molecular flexibility index (Phi) is 2.79. The van der Waals surface area contributed by atoms with E-state index in [1.54, 1.807) is 0 Å². The number of hydrogen-bond donors (Lipinski definition) is 1. The summed E-state index contributed by atoms with van der Waals surface area (Å²) in [5, 5.41) is 0. The molecule has 2 rings (SSSR count). The Hall–Kier alpha value is -1.35. The fraction of sp³-hybridized carbons (Fsp3) is 0.364. The monoisotopic (exact) mass is 190 g/mol. The summed E-state index contributed by atoms with van der Waals surface area (Å²) in [5.74, 6) is 0. The van der Waals surface area contributed by atoms with Crippen LogP contribution in [0, 0.1) is 0 Å². The Labute approximate surface area is 82.9 Å². The molecule has 14 heavy (non-hydrogen) atoms. The van der Waals surface area contributed by atoms with Gasteiger partial charge in [-0.05, 0) is 37.4 Å². The Bertz CT molecular complexity index is 408. The van der Waals surface area contributed by atoms with Crippen LogP contribution in [0.4, 0.5) is 0 Å². The first-order valence-corrected chi connectivity index (χ1v) is 4.93. The molecule has 1 heterocycles. The zero-order chi connectivity index (χ0) is 9.80. The molecule has 0 amide bonds. The van der Waals surface area contributed by atoms with Gasteiger partial charge in [0.25, 0.3) is 0 Å². The average Bonchev–Trinajstić information content (AvgIpc) is 2.67. The Morgan fingerprint density at radius 2 is 2.21 bits per heavy atom. The Morgan fingerprint density at radius 3 is 3.07 bits per heavy atom. The minimum Gasteiger partial charge on any atom is -0.443 e. The SMILES string of the molecule is NCCCCc1cccc2ncoc12. The molecule has 0 radical (unpaired) electrons. The van der Waals surface area contributed by atoms with E-state index < -0.39 is 0 Å². The fourth-order valence-corrected chi connectivity index (χ4v) is 1.60. The van der Waals surface area contributed by atoms with Crippen molar-refractivity contribution >= 4 is 11.1 Å². The highest BCUT2D eigenvalue weighted by atomic mass is 16.3. The first-order valence-electron chi connectivity index (χ1n) is 4.93. The standard InChI is InChI=1S/C11H14N2O/c12-7-2-1-4-9-5-3-6-10-11(9)14-8-13-10/h3,5-6,8H,1-2,4,7,12H2. The molecule has 0 saturated heterocycles. The van der Waals surface area contributed by atoms with Crippen LogP contribution in [0.2, 0.25) is 0 Å². The number of fused-ring (bicyclic) bond motifs is 1. The molecule has 2 aromatic rings. The second-order valence-electron chi connectivity index (χ2n) is 3.36. The summed E-state index contributed by atoms with van der Waals surface area (Å²) in [5.41, 5.74) is 8.54. The molecule has 0 bridgehead atoms. The zero-order valence-electron chi connectivity index (χ0n) is 8.07. The molecule has 0 aliphatic carbocycles. The lowest BCUT2D eigenvalue weighted by atomic mass is 10.1. The van der Waals surface area contributed by atoms with E-state index in [4.69, 9.17) is 10.2 Å². The van der Waals surface area contributed by atoms with E-state index in [9.17, 15) is 0 Å². The quantitative estimate of drug-likeness (QED) is 0.751. The summed E-state index contributed by atoms with van der Waals surface area (Å²) in [6, 6.07) is 6.07. The maximum Gasteiger partial charge on any atom is 0.181 e. The van der Waals surface area contributed by atoms with Gasteiger partial charge in [-0.2, -0.15) is 0 Å². The molecule has 1 aromatic heterocycles. The van der Waals surface area contributed by atoms with Gasteiger partial charge in [-0.25, -0.2) is 4.98 Å². The zero-order valence-corrected chi connectivity index (χ0v) is 8.07. The number of benzene rings is 1. The molecule has 0 unspecified atom stereocenters. The topological polar surface area (TPSA) is 52.0 Å². The van der Waals surface area contributed by atoms with Gasteiger partial charge in [0.05, 0.1) is 0 Å². The van der Waals surface area contributed by atoms with Gasteiger partial charge in [-0.3, -0.25) is 0 Å². The molecule has 0 fully saturated rings. The molecule has 3 nitrogen and oxygen atoms in total. The minimum absolute atomic E-state index is 0.756. The summed E-state index contributed by atoms with van der Waals surface area (Å²) in [4.78, 5) is 4.12. The van der Waals surface area contributed by atoms with Crippen LogP contribution >= 0.6 is 0 Å². The molecule has 1 aromatic carbocycles. The van der Waals surface area contributed by atoms with E-state index >= 15 is 0 Å². The predicted molar refractivity (Wildman–Crippen MR) is 56.0 cm³/mol. The van der Waals surface area contributed by atoms with Crippen LogP contribution in [0.3, 0.4) is 0 Å². The van der Waals surface area contributed by atoms with Crippen molar-refractivity contribution in [3.8, 4) is 0 Å². The average molecular weight is 190 g/mol. The van der Waals surface area contributed by atoms with Gasteiger partial charge in [0.2, 0.25) is 0 Å². The van der Waals surface area contributed by atoms with Gasteiger partial charge in [0, 0.05) is 0 Å². The van der Waals surface area contributed by atoms with Gasteiger partial charge in [0.15, 0.2) is 12.0 Å². The molecule has 0 aliphatic rings. The number of unbranched alkanes of at least 4 members (excludes halogenated alkanes) is 1. The smallest absolute Gasteiger partial charge is 0.181 e. The molecule has 0 saturated carbocycles. The van der Waals surface area contributed by atoms with Crippen LogP contribution < -0.4 is 5.73 Å². The van der Waals surface area contributed by atoms with Crippen molar-refractivity contribution < 1.29 is 4.42 Å². The van der Waals surface area contributed by atoms with Gasteiger partial charge >= 0.3 is 0 Å². The molecule has 0 spiro atoms. The van der Waals surface area contributed by atoms with E-state index in [1.165, 1.54) is 12.0 Å². The van der Waals surface area contributed by atoms with Crippen LogP contribution in [0.25, 0.3) is 11.1 Å². The minimum atomic E-state index is 0.756. The number of aryl methyl sites for hydroxylation is 1. The first-order chi connectivity index (χ1) is 6.92. The van der Waals surface area contributed by atoms with Crippen LogP contribution in [0.5, 0.6) is 0 Å². The Balaban J connectivity index is 2.19. The van der Waals surface area contributed by atoms with Crippen LogP contribution in [0.1, 0.15) is 18.4 Å². The Morgan fingerprint density at radius 1 is 1.29 bits per heavy atom. The van der Waals surface area contributed by atoms with Crippen molar-refractivity contribution in [2.24, 2.45) is 5.73 Å². The van der Waals surface area contributed by atoms with E-state index in [1.807, 2.05) is 12.1 Å². The largest absolute Gasteiger partial charge is 0.443 e. The third kappa shape index (κ3) is 1.77. The molecule has 0 atom stereocenters. The number of para-hydroxylation sites is 1. The van der Waals surface area contributed by atoms with Gasteiger partial charge in [-0.1, -0.05) is 12.1 Å². The highest BCUT2D eigenvalue weighted by Gasteiger charge is 2.03. The first kappa shape index (κ1) is 9.21. The van der Waals surface area contributed by atoms with Crippen molar-refractivity contribution in [3.05, 3.63) is 30.2 Å². The van der Waals surface area contributed by atoms with Crippen molar-refractivity contribution in [1.29, 1.82) is 0 Å². The summed E-state index contributed by atoms with van der Waals surface area (Å²) in [6.45, 7) is 0.756. The molecule has 3 heteroatoms. The summed E-state index contributed by atoms with van der Waals surface area (Å²) >= 11 is 0. The molecular weight excluding hydrogens is 176 g/mol. The summed E-state index contributed by atoms with van der Waals surface area (Å²) in [6.07, 6.45) is 4.68. The number of nitrogens with two attached hydrogens (primary N) is 1. The van der Waals surface area contributed by atoms with Gasteiger partial charge in [-0.15, -0.1) is 0 Å². The predicted octanol–water partition coefficient (Wildman–Crippen LogP) is 2.11. The lowest BCUT2D eigenvalue weighted by molar-refractivity contribution is 0.595. The number of hydrogen-bond acceptors (Lipinski definition) is 3. The molecule has 74 valence electrons. The molecule has 2 N–H and O–H groups in total. The normalized spacial score (nSPS) is 10.9. The summed E-state index contributed by atoms with van der Waals surface area (Å²) < 4.78 is 5.34. The van der Waals surface area contributed by atoms with Gasteiger partial charge < -0.3 is 10.2 Å². The van der Waals surface area contributed by atoms with Crippen molar-refractivity contribution in [1.82, 2.24) is 4.98 Å². The van der Waals surface area contributed by atoms with E-state index in [-0.39, 0.29) is 0 Å². The van der Waals surface area contributed by atoms with Crippen LogP contribution in [0.15, 0.2) is 29.0 Å². The van der Waals surface area contributed by atoms with E-state index in [0.717, 1.165) is 36.9 Å². The maximum absolute atomic E-state index is 5.45. The molecule has 0 aliphatic heterocycles. The van der Waals surface area contributed by atoms with Crippen molar-refractivity contribution in [3.63, 3.8) is 0 Å². The number of aromatic nitrogens is 1. The third-order valence-corrected chi connectivity index (χ3v) is 2.34. The van der Waals surface area contributed by atoms with Crippen molar-refractivity contribution in [2.75, 3.05) is 6.54 Å². The lowest BCUT2D eigenvalue weighted by Gasteiger charge is -2.00. The fourth-order valence-electron chi connectivity index (χ4n) is 1.60. The number of oxazole rings is 1.